The fourth-order valence-corrected chi connectivity index (χ4v) is 3.02. The summed E-state index contributed by atoms with van der Waals surface area (Å²) in [6, 6.07) is 11.3. The van der Waals surface area contributed by atoms with Crippen molar-refractivity contribution in [2.45, 2.75) is 39.5 Å². The fraction of sp³-hybridized carbons (Fsp3) is 0.429. The van der Waals surface area contributed by atoms with Crippen molar-refractivity contribution in [2.75, 3.05) is 20.3 Å². The molecule has 0 amide bonds. The quantitative estimate of drug-likeness (QED) is 0.434. The van der Waals surface area contributed by atoms with Gasteiger partial charge in [-0.2, -0.15) is 0 Å². The second-order valence-corrected chi connectivity index (χ2v) is 7.24. The van der Waals surface area contributed by atoms with Crippen LogP contribution in [0.4, 0.5) is 0 Å². The van der Waals surface area contributed by atoms with E-state index in [-0.39, 0.29) is 25.1 Å². The van der Waals surface area contributed by atoms with E-state index in [4.69, 9.17) is 37.4 Å². The summed E-state index contributed by atoms with van der Waals surface area (Å²) in [7, 11) is 1.63. The van der Waals surface area contributed by atoms with Gasteiger partial charge in [0.2, 0.25) is 0 Å². The van der Waals surface area contributed by atoms with E-state index in [2.05, 4.69) is 5.32 Å². The van der Waals surface area contributed by atoms with Crippen LogP contribution in [0.1, 0.15) is 31.4 Å². The topological polar surface area (TPSA) is 39.7 Å². The number of rotatable bonds is 11. The minimum atomic E-state index is 0. The molecule has 0 atom stereocenters. The number of benzene rings is 2. The third kappa shape index (κ3) is 8.06. The Morgan fingerprint density at radius 1 is 1.04 bits per heavy atom. The van der Waals surface area contributed by atoms with E-state index in [0.29, 0.717) is 21.5 Å². The first kappa shape index (κ1) is 24.9. The lowest BCUT2D eigenvalue weighted by atomic mass is 10.2. The highest BCUT2D eigenvalue weighted by Crippen LogP contribution is 2.31. The van der Waals surface area contributed by atoms with Gasteiger partial charge < -0.3 is 19.5 Å². The lowest BCUT2D eigenvalue weighted by Crippen LogP contribution is -2.17. The third-order valence-electron chi connectivity index (χ3n) is 3.94. The first-order valence-electron chi connectivity index (χ1n) is 9.06. The smallest absolute Gasteiger partial charge is 0.161 e. The van der Waals surface area contributed by atoms with Crippen molar-refractivity contribution in [3.63, 3.8) is 0 Å². The Kier molecular flexibility index (Phi) is 11.7. The van der Waals surface area contributed by atoms with Gasteiger partial charge >= 0.3 is 0 Å². The van der Waals surface area contributed by atoms with E-state index < -0.39 is 0 Å². The summed E-state index contributed by atoms with van der Waals surface area (Å²) in [4.78, 5) is 0. The molecule has 0 heterocycles. The first-order chi connectivity index (χ1) is 13.0. The summed E-state index contributed by atoms with van der Waals surface area (Å²) in [5, 5.41) is 4.58. The van der Waals surface area contributed by atoms with E-state index in [1.165, 1.54) is 0 Å². The largest absolute Gasteiger partial charge is 0.493 e. The number of hydrogen-bond acceptors (Lipinski definition) is 4. The molecule has 0 aliphatic carbocycles. The molecular weight excluding hydrogens is 421 g/mol. The van der Waals surface area contributed by atoms with Crippen LogP contribution in [-0.4, -0.2) is 26.4 Å². The van der Waals surface area contributed by atoms with E-state index in [1.54, 1.807) is 19.2 Å². The average Bonchev–Trinajstić information content (AvgIpc) is 2.64. The molecule has 2 rings (SSSR count). The number of methoxy groups -OCH3 is 1. The highest BCUT2D eigenvalue weighted by molar-refractivity contribution is 6.35. The molecular formula is C21H28Cl3NO3. The zero-order valence-electron chi connectivity index (χ0n) is 16.5. The molecule has 1 N–H and O–H groups in total. The molecule has 7 heteroatoms. The second-order valence-electron chi connectivity index (χ2n) is 6.42. The van der Waals surface area contributed by atoms with Gasteiger partial charge in [-0.25, -0.2) is 0 Å². The molecule has 0 aromatic heterocycles. The van der Waals surface area contributed by atoms with E-state index >= 15 is 0 Å². The molecule has 0 spiro atoms. The Labute approximate surface area is 183 Å². The zero-order valence-corrected chi connectivity index (χ0v) is 18.8. The van der Waals surface area contributed by atoms with E-state index in [9.17, 15) is 0 Å². The molecule has 0 saturated carbocycles. The maximum Gasteiger partial charge on any atom is 0.161 e. The minimum absolute atomic E-state index is 0. The lowest BCUT2D eigenvalue weighted by Gasteiger charge is -2.14. The number of ether oxygens (including phenoxy) is 3. The number of halogens is 3. The Morgan fingerprint density at radius 2 is 1.75 bits per heavy atom. The number of hydrogen-bond donors (Lipinski definition) is 1. The van der Waals surface area contributed by atoms with E-state index in [1.807, 2.05) is 38.1 Å². The molecule has 0 bridgehead atoms. The monoisotopic (exact) mass is 447 g/mol. The van der Waals surface area contributed by atoms with Gasteiger partial charge in [0.05, 0.1) is 13.2 Å². The van der Waals surface area contributed by atoms with Crippen LogP contribution in [0.25, 0.3) is 0 Å². The fourth-order valence-electron chi connectivity index (χ4n) is 2.51. The molecule has 2 aromatic rings. The summed E-state index contributed by atoms with van der Waals surface area (Å²) in [5.41, 5.74) is 1.89. The van der Waals surface area contributed by atoms with Crippen molar-refractivity contribution < 1.29 is 14.2 Å². The molecule has 0 saturated heterocycles. The second kappa shape index (κ2) is 13.1. The normalized spacial score (nSPS) is 10.6. The summed E-state index contributed by atoms with van der Waals surface area (Å²) < 4.78 is 16.9. The Hall–Kier alpha value is -1.17. The summed E-state index contributed by atoms with van der Waals surface area (Å²) in [6.45, 7) is 6.80. The van der Waals surface area contributed by atoms with Crippen LogP contribution in [0, 0.1) is 0 Å². The molecule has 0 aliphatic heterocycles. The van der Waals surface area contributed by atoms with Gasteiger partial charge in [-0.05, 0) is 56.6 Å². The van der Waals surface area contributed by atoms with Crippen molar-refractivity contribution >= 4 is 35.6 Å². The molecule has 4 nitrogen and oxygen atoms in total. The van der Waals surface area contributed by atoms with Gasteiger partial charge in [-0.15, -0.1) is 12.4 Å². The zero-order chi connectivity index (χ0) is 19.6. The van der Waals surface area contributed by atoms with Crippen LogP contribution in [0.15, 0.2) is 36.4 Å². The SMILES string of the molecule is COc1cc(CNCCCOC(C)C)ccc1OCc1c(Cl)cccc1Cl.Cl. The Morgan fingerprint density at radius 3 is 2.39 bits per heavy atom. The van der Waals surface area contributed by atoms with Crippen LogP contribution in [0.5, 0.6) is 11.5 Å². The third-order valence-corrected chi connectivity index (χ3v) is 4.65. The Balaban J connectivity index is 0.00000392. The van der Waals surface area contributed by atoms with Gasteiger partial charge in [0.1, 0.15) is 6.61 Å². The number of nitrogens with one attached hydrogen (secondary N) is 1. The van der Waals surface area contributed by atoms with Gasteiger partial charge in [-0.1, -0.05) is 35.3 Å². The van der Waals surface area contributed by atoms with E-state index in [0.717, 1.165) is 37.2 Å². The van der Waals surface area contributed by atoms with Crippen molar-refractivity contribution in [1.82, 2.24) is 5.32 Å². The van der Waals surface area contributed by atoms with Gasteiger partial charge in [0.15, 0.2) is 11.5 Å². The van der Waals surface area contributed by atoms with Crippen molar-refractivity contribution in [3.05, 3.63) is 57.6 Å². The molecule has 0 aliphatic rings. The highest BCUT2D eigenvalue weighted by Gasteiger charge is 2.10. The predicted molar refractivity (Wildman–Crippen MR) is 118 cm³/mol. The molecule has 28 heavy (non-hydrogen) atoms. The van der Waals surface area contributed by atoms with Gasteiger partial charge in [-0.3, -0.25) is 0 Å². The maximum atomic E-state index is 6.19. The maximum absolute atomic E-state index is 6.19. The predicted octanol–water partition coefficient (Wildman–Crippen LogP) is 5.91. The summed E-state index contributed by atoms with van der Waals surface area (Å²) >= 11 is 12.4. The van der Waals surface area contributed by atoms with Crippen LogP contribution in [0.2, 0.25) is 10.0 Å². The summed E-state index contributed by atoms with van der Waals surface area (Å²) in [6.07, 6.45) is 1.26. The first-order valence-corrected chi connectivity index (χ1v) is 9.81. The molecule has 156 valence electrons. The van der Waals surface area contributed by atoms with Crippen LogP contribution >= 0.6 is 35.6 Å². The molecule has 0 radical (unpaired) electrons. The van der Waals surface area contributed by atoms with Gasteiger partial charge in [0, 0.05) is 28.8 Å². The van der Waals surface area contributed by atoms with Crippen LogP contribution in [0.3, 0.4) is 0 Å². The summed E-state index contributed by atoms with van der Waals surface area (Å²) in [5.74, 6) is 1.34. The average molecular weight is 449 g/mol. The van der Waals surface area contributed by atoms with Crippen LogP contribution < -0.4 is 14.8 Å². The molecule has 0 unspecified atom stereocenters. The Bertz CT molecular complexity index is 706. The van der Waals surface area contributed by atoms with Crippen molar-refractivity contribution in [3.8, 4) is 11.5 Å². The van der Waals surface area contributed by atoms with Crippen molar-refractivity contribution in [2.24, 2.45) is 0 Å². The van der Waals surface area contributed by atoms with Crippen LogP contribution in [-0.2, 0) is 17.9 Å². The lowest BCUT2D eigenvalue weighted by molar-refractivity contribution is 0.0770. The van der Waals surface area contributed by atoms with Crippen molar-refractivity contribution in [1.29, 1.82) is 0 Å². The minimum Gasteiger partial charge on any atom is -0.493 e. The molecule has 0 fully saturated rings. The van der Waals surface area contributed by atoms with Gasteiger partial charge in [0.25, 0.3) is 0 Å². The standard InChI is InChI=1S/C21H27Cl2NO3.ClH/c1-15(2)26-11-5-10-24-13-16-8-9-20(21(12-16)25-3)27-14-17-18(22)6-4-7-19(17)23;/h4,6-9,12,15,24H,5,10-11,13-14H2,1-3H3;1H. The highest BCUT2D eigenvalue weighted by atomic mass is 35.5. The molecule has 2 aromatic carbocycles.